The van der Waals surface area contributed by atoms with Crippen molar-refractivity contribution >= 4 is 11.9 Å². The summed E-state index contributed by atoms with van der Waals surface area (Å²) >= 11 is 0. The van der Waals surface area contributed by atoms with E-state index < -0.39 is 5.97 Å². The number of nitrogens with zero attached hydrogens (tertiary/aromatic N) is 1. The molecule has 0 aromatic heterocycles. The van der Waals surface area contributed by atoms with E-state index in [1.165, 1.54) is 0 Å². The molecule has 4 heteroatoms. The Morgan fingerprint density at radius 3 is 2.87 bits per heavy atom. The Bertz CT molecular complexity index is 414. The minimum absolute atomic E-state index is 0.243. The molecule has 0 fully saturated rings. The van der Waals surface area contributed by atoms with Crippen molar-refractivity contribution in [1.29, 1.82) is 0 Å². The van der Waals surface area contributed by atoms with Gasteiger partial charge in [-0.1, -0.05) is 25.1 Å². The summed E-state index contributed by atoms with van der Waals surface area (Å²) in [5, 5.41) is 1.11. The van der Waals surface area contributed by atoms with Gasteiger partial charge in [-0.25, -0.2) is 4.79 Å². The van der Waals surface area contributed by atoms with Gasteiger partial charge in [0.25, 0.3) is 5.91 Å². The van der Waals surface area contributed by atoms with Crippen LogP contribution in [0.25, 0.3) is 0 Å². The lowest BCUT2D eigenvalue weighted by Crippen LogP contribution is -2.27. The van der Waals surface area contributed by atoms with Crippen LogP contribution in [0.2, 0.25) is 0 Å². The van der Waals surface area contributed by atoms with Crippen molar-refractivity contribution in [2.45, 2.75) is 19.9 Å². The molecule has 0 saturated carbocycles. The first-order valence-corrected chi connectivity index (χ1v) is 4.83. The predicted octanol–water partition coefficient (Wildman–Crippen LogP) is 1.51. The van der Waals surface area contributed by atoms with Crippen LogP contribution in [0.1, 0.15) is 29.3 Å². The molecule has 0 unspecified atom stereocenters. The summed E-state index contributed by atoms with van der Waals surface area (Å²) in [5.74, 6) is -0.636. The van der Waals surface area contributed by atoms with Crippen LogP contribution in [0.5, 0.6) is 0 Å². The van der Waals surface area contributed by atoms with Crippen LogP contribution in [0.4, 0.5) is 0 Å². The van der Waals surface area contributed by atoms with Gasteiger partial charge in [0.15, 0.2) is 0 Å². The Labute approximate surface area is 87.4 Å². The molecular weight excluding hydrogens is 194 g/mol. The van der Waals surface area contributed by atoms with Gasteiger partial charge in [0.05, 0.1) is 6.54 Å². The molecule has 0 radical (unpaired) electrons. The number of rotatable bonds is 2. The van der Waals surface area contributed by atoms with Gasteiger partial charge in [-0.3, -0.25) is 4.79 Å². The Morgan fingerprint density at radius 2 is 2.20 bits per heavy atom. The molecule has 0 N–H and O–H groups in total. The molecule has 1 amide bonds. The van der Waals surface area contributed by atoms with E-state index in [2.05, 4.69) is 0 Å². The van der Waals surface area contributed by atoms with Gasteiger partial charge in [0, 0.05) is 12.0 Å². The second kappa shape index (κ2) is 3.73. The SMILES string of the molecule is CCC(=O)ON1Cc2ccccc2C1=O. The third-order valence-electron chi connectivity index (χ3n) is 2.29. The van der Waals surface area contributed by atoms with Crippen LogP contribution in [-0.2, 0) is 16.2 Å². The second-order valence-electron chi connectivity index (χ2n) is 3.32. The predicted molar refractivity (Wildman–Crippen MR) is 52.7 cm³/mol. The van der Waals surface area contributed by atoms with E-state index in [0.29, 0.717) is 12.1 Å². The quantitative estimate of drug-likeness (QED) is 0.735. The topological polar surface area (TPSA) is 46.6 Å². The molecule has 1 aliphatic rings. The van der Waals surface area contributed by atoms with Crippen LogP contribution in [-0.4, -0.2) is 16.9 Å². The van der Waals surface area contributed by atoms with Crippen molar-refractivity contribution in [3.63, 3.8) is 0 Å². The maximum absolute atomic E-state index is 11.7. The van der Waals surface area contributed by atoms with Gasteiger partial charge in [-0.15, -0.1) is 0 Å². The number of carbonyl (C=O) groups is 2. The summed E-state index contributed by atoms with van der Waals surface area (Å²) in [6.45, 7) is 2.04. The summed E-state index contributed by atoms with van der Waals surface area (Å²) in [7, 11) is 0. The fourth-order valence-corrected chi connectivity index (χ4v) is 1.49. The molecule has 1 aliphatic heterocycles. The van der Waals surface area contributed by atoms with Crippen molar-refractivity contribution in [2.75, 3.05) is 0 Å². The zero-order valence-electron chi connectivity index (χ0n) is 8.40. The normalized spacial score (nSPS) is 13.9. The van der Waals surface area contributed by atoms with Crippen molar-refractivity contribution in [3.05, 3.63) is 35.4 Å². The monoisotopic (exact) mass is 205 g/mol. The molecule has 2 rings (SSSR count). The van der Waals surface area contributed by atoms with E-state index in [1.807, 2.05) is 12.1 Å². The highest BCUT2D eigenvalue weighted by molar-refractivity contribution is 5.98. The van der Waals surface area contributed by atoms with Crippen LogP contribution in [0.15, 0.2) is 24.3 Å². The standard InChI is InChI=1S/C11H11NO3/c1-2-10(13)15-12-7-8-5-3-4-6-9(8)11(12)14/h3-6H,2,7H2,1H3. The van der Waals surface area contributed by atoms with Crippen molar-refractivity contribution in [1.82, 2.24) is 5.06 Å². The molecule has 0 saturated heterocycles. The summed E-state index contributed by atoms with van der Waals surface area (Å²) in [6, 6.07) is 7.24. The Morgan fingerprint density at radius 1 is 1.47 bits per heavy atom. The lowest BCUT2D eigenvalue weighted by molar-refractivity contribution is -0.178. The first-order chi connectivity index (χ1) is 7.22. The number of amides is 1. The largest absolute Gasteiger partial charge is 0.338 e. The Kier molecular flexibility index (Phi) is 2.41. The van der Waals surface area contributed by atoms with Gasteiger partial charge in [-0.05, 0) is 11.6 Å². The molecule has 15 heavy (non-hydrogen) atoms. The van der Waals surface area contributed by atoms with Crippen molar-refractivity contribution in [2.24, 2.45) is 0 Å². The van der Waals surface area contributed by atoms with E-state index in [0.717, 1.165) is 10.6 Å². The lowest BCUT2D eigenvalue weighted by Gasteiger charge is -2.13. The highest BCUT2D eigenvalue weighted by Gasteiger charge is 2.29. The maximum Gasteiger partial charge on any atom is 0.332 e. The Balaban J connectivity index is 2.17. The molecule has 0 spiro atoms. The number of carbonyl (C=O) groups excluding carboxylic acids is 2. The molecule has 4 nitrogen and oxygen atoms in total. The summed E-state index contributed by atoms with van der Waals surface area (Å²) in [5.41, 5.74) is 1.51. The minimum Gasteiger partial charge on any atom is -0.338 e. The molecule has 1 heterocycles. The van der Waals surface area contributed by atoms with Gasteiger partial charge < -0.3 is 4.84 Å². The summed E-state index contributed by atoms with van der Waals surface area (Å²) in [4.78, 5) is 27.6. The first-order valence-electron chi connectivity index (χ1n) is 4.83. The van der Waals surface area contributed by atoms with Gasteiger partial charge >= 0.3 is 5.97 Å². The average Bonchev–Trinajstić information content (AvgIpc) is 2.57. The molecular formula is C11H11NO3. The zero-order valence-corrected chi connectivity index (χ0v) is 8.40. The van der Waals surface area contributed by atoms with Crippen LogP contribution in [0.3, 0.4) is 0 Å². The van der Waals surface area contributed by atoms with Gasteiger partial charge in [-0.2, -0.15) is 5.06 Å². The molecule has 1 aromatic carbocycles. The average molecular weight is 205 g/mol. The number of hydrogen-bond donors (Lipinski definition) is 0. The molecule has 1 aromatic rings. The van der Waals surface area contributed by atoms with Gasteiger partial charge in [0.1, 0.15) is 0 Å². The van der Waals surface area contributed by atoms with E-state index in [9.17, 15) is 9.59 Å². The molecule has 0 bridgehead atoms. The third kappa shape index (κ3) is 1.70. The van der Waals surface area contributed by atoms with Crippen molar-refractivity contribution < 1.29 is 14.4 Å². The highest BCUT2D eigenvalue weighted by Crippen LogP contribution is 2.22. The fraction of sp³-hybridized carbons (Fsp3) is 0.273. The summed E-state index contributed by atoms with van der Waals surface area (Å²) < 4.78 is 0. The van der Waals surface area contributed by atoms with Crippen molar-refractivity contribution in [3.8, 4) is 0 Å². The smallest absolute Gasteiger partial charge is 0.332 e. The molecule has 0 aliphatic carbocycles. The number of hydrogen-bond acceptors (Lipinski definition) is 3. The molecule has 78 valence electrons. The van der Waals surface area contributed by atoms with E-state index >= 15 is 0 Å². The van der Waals surface area contributed by atoms with E-state index in [-0.39, 0.29) is 12.3 Å². The molecule has 0 atom stereocenters. The maximum atomic E-state index is 11.7. The third-order valence-corrected chi connectivity index (χ3v) is 2.29. The zero-order chi connectivity index (χ0) is 10.8. The van der Waals surface area contributed by atoms with Crippen LogP contribution >= 0.6 is 0 Å². The first kappa shape index (κ1) is 9.71. The fourth-order valence-electron chi connectivity index (χ4n) is 1.49. The van der Waals surface area contributed by atoms with Crippen LogP contribution < -0.4 is 0 Å². The summed E-state index contributed by atoms with van der Waals surface area (Å²) in [6.07, 6.45) is 0.264. The highest BCUT2D eigenvalue weighted by atomic mass is 16.7. The Hall–Kier alpha value is -1.84. The lowest BCUT2D eigenvalue weighted by atomic mass is 10.1. The number of fused-ring (bicyclic) bond motifs is 1. The van der Waals surface area contributed by atoms with Crippen LogP contribution in [0, 0.1) is 0 Å². The van der Waals surface area contributed by atoms with Gasteiger partial charge in [0.2, 0.25) is 0 Å². The van der Waals surface area contributed by atoms with E-state index in [4.69, 9.17) is 4.84 Å². The van der Waals surface area contributed by atoms with E-state index in [1.54, 1.807) is 19.1 Å². The second-order valence-corrected chi connectivity index (χ2v) is 3.32. The number of benzene rings is 1. The minimum atomic E-state index is -0.392. The number of hydroxylamine groups is 2.